The standard InChI is InChI=1S/C12H18N2O3/c1-12(9-17-2,11(15)16)14-7-5-10-4-3-6-13-8-10/h3-4,6,8,14H,5,7,9H2,1-2H3,(H,15,16). The molecule has 0 radical (unpaired) electrons. The first kappa shape index (κ1) is 13.6. The van der Waals surface area contributed by atoms with Crippen LogP contribution in [0.5, 0.6) is 0 Å². The molecule has 0 aliphatic rings. The minimum atomic E-state index is -1.04. The average Bonchev–Trinajstić information content (AvgIpc) is 2.30. The molecule has 2 N–H and O–H groups in total. The molecule has 1 aromatic heterocycles. The maximum atomic E-state index is 11.1. The fourth-order valence-electron chi connectivity index (χ4n) is 1.51. The third kappa shape index (κ3) is 4.13. The lowest BCUT2D eigenvalue weighted by Crippen LogP contribution is -2.53. The Labute approximate surface area is 101 Å². The Morgan fingerprint density at radius 2 is 2.41 bits per heavy atom. The molecule has 0 bridgehead atoms. The van der Waals surface area contributed by atoms with Gasteiger partial charge in [-0.15, -0.1) is 0 Å². The van der Waals surface area contributed by atoms with Gasteiger partial charge in [0.25, 0.3) is 0 Å². The Morgan fingerprint density at radius 1 is 1.65 bits per heavy atom. The van der Waals surface area contributed by atoms with Crippen molar-refractivity contribution < 1.29 is 14.6 Å². The van der Waals surface area contributed by atoms with Gasteiger partial charge in [-0.2, -0.15) is 0 Å². The van der Waals surface area contributed by atoms with Crippen molar-refractivity contribution >= 4 is 5.97 Å². The van der Waals surface area contributed by atoms with Crippen molar-refractivity contribution in [1.29, 1.82) is 0 Å². The largest absolute Gasteiger partial charge is 0.480 e. The zero-order chi connectivity index (χ0) is 12.7. The van der Waals surface area contributed by atoms with Gasteiger partial charge in [0.1, 0.15) is 5.54 Å². The number of aromatic nitrogens is 1. The Morgan fingerprint density at radius 3 is 2.94 bits per heavy atom. The maximum Gasteiger partial charge on any atom is 0.326 e. The highest BCUT2D eigenvalue weighted by Crippen LogP contribution is 2.05. The summed E-state index contributed by atoms with van der Waals surface area (Å²) in [5.74, 6) is -0.912. The van der Waals surface area contributed by atoms with Crippen molar-refractivity contribution in [1.82, 2.24) is 10.3 Å². The summed E-state index contributed by atoms with van der Waals surface area (Å²) in [6, 6.07) is 3.82. The monoisotopic (exact) mass is 238 g/mol. The van der Waals surface area contributed by atoms with E-state index in [-0.39, 0.29) is 6.61 Å². The van der Waals surface area contributed by atoms with Gasteiger partial charge in [0.15, 0.2) is 0 Å². The summed E-state index contributed by atoms with van der Waals surface area (Å²) in [4.78, 5) is 15.1. The zero-order valence-electron chi connectivity index (χ0n) is 10.1. The predicted molar refractivity (Wildman–Crippen MR) is 63.9 cm³/mol. The van der Waals surface area contributed by atoms with Gasteiger partial charge in [-0.05, 0) is 25.0 Å². The third-order valence-electron chi connectivity index (χ3n) is 2.56. The molecular weight excluding hydrogens is 220 g/mol. The van der Waals surface area contributed by atoms with E-state index < -0.39 is 11.5 Å². The summed E-state index contributed by atoms with van der Waals surface area (Å²) >= 11 is 0. The van der Waals surface area contributed by atoms with Crippen LogP contribution in [0.4, 0.5) is 0 Å². The minimum Gasteiger partial charge on any atom is -0.480 e. The highest BCUT2D eigenvalue weighted by atomic mass is 16.5. The Balaban J connectivity index is 2.45. The smallest absolute Gasteiger partial charge is 0.326 e. The van der Waals surface area contributed by atoms with Crippen LogP contribution in [0, 0.1) is 0 Å². The normalized spacial score (nSPS) is 14.2. The third-order valence-corrected chi connectivity index (χ3v) is 2.56. The molecule has 0 saturated heterocycles. The predicted octanol–water partition coefficient (Wildman–Crippen LogP) is 0.703. The van der Waals surface area contributed by atoms with Gasteiger partial charge in [-0.1, -0.05) is 6.07 Å². The number of nitrogens with one attached hydrogen (secondary N) is 1. The van der Waals surface area contributed by atoms with Gasteiger partial charge in [0.05, 0.1) is 6.61 Å². The molecular formula is C12H18N2O3. The number of pyridine rings is 1. The second-order valence-corrected chi connectivity index (χ2v) is 4.11. The maximum absolute atomic E-state index is 11.1. The number of carboxylic acid groups (broad SMARTS) is 1. The number of hydrogen-bond acceptors (Lipinski definition) is 4. The van der Waals surface area contributed by atoms with Crippen LogP contribution in [0.2, 0.25) is 0 Å². The zero-order valence-corrected chi connectivity index (χ0v) is 10.1. The number of ether oxygens (including phenoxy) is 1. The fraction of sp³-hybridized carbons (Fsp3) is 0.500. The van der Waals surface area contributed by atoms with Crippen molar-refractivity contribution in [3.63, 3.8) is 0 Å². The number of methoxy groups -OCH3 is 1. The first-order valence-electron chi connectivity index (χ1n) is 5.45. The first-order chi connectivity index (χ1) is 8.08. The van der Waals surface area contributed by atoms with Crippen molar-refractivity contribution in [3.05, 3.63) is 30.1 Å². The van der Waals surface area contributed by atoms with Gasteiger partial charge >= 0.3 is 5.97 Å². The van der Waals surface area contributed by atoms with E-state index >= 15 is 0 Å². The van der Waals surface area contributed by atoms with Gasteiger partial charge < -0.3 is 9.84 Å². The van der Waals surface area contributed by atoms with Crippen LogP contribution in [0.1, 0.15) is 12.5 Å². The molecule has 94 valence electrons. The quantitative estimate of drug-likeness (QED) is 0.731. The highest BCUT2D eigenvalue weighted by Gasteiger charge is 2.32. The number of hydrogen-bond donors (Lipinski definition) is 2. The van der Waals surface area contributed by atoms with E-state index in [9.17, 15) is 4.79 Å². The number of rotatable bonds is 7. The lowest BCUT2D eigenvalue weighted by Gasteiger charge is -2.25. The second-order valence-electron chi connectivity index (χ2n) is 4.11. The molecule has 0 fully saturated rings. The number of aliphatic carboxylic acids is 1. The highest BCUT2D eigenvalue weighted by molar-refractivity contribution is 5.78. The van der Waals surface area contributed by atoms with Gasteiger partial charge in [0.2, 0.25) is 0 Å². The summed E-state index contributed by atoms with van der Waals surface area (Å²) in [6.07, 6.45) is 4.22. The van der Waals surface area contributed by atoms with E-state index in [4.69, 9.17) is 9.84 Å². The molecule has 1 atom stereocenters. The molecule has 1 aromatic rings. The molecule has 1 heterocycles. The summed E-state index contributed by atoms with van der Waals surface area (Å²) < 4.78 is 4.92. The summed E-state index contributed by atoms with van der Waals surface area (Å²) in [5.41, 5.74) is 0.0295. The fourth-order valence-corrected chi connectivity index (χ4v) is 1.51. The van der Waals surface area contributed by atoms with Crippen LogP contribution in [0.15, 0.2) is 24.5 Å². The van der Waals surface area contributed by atoms with E-state index in [1.807, 2.05) is 12.1 Å². The summed E-state index contributed by atoms with van der Waals surface area (Å²) in [7, 11) is 1.49. The second kappa shape index (κ2) is 6.32. The van der Waals surface area contributed by atoms with E-state index in [2.05, 4.69) is 10.3 Å². The van der Waals surface area contributed by atoms with Crippen LogP contribution >= 0.6 is 0 Å². The molecule has 5 nitrogen and oxygen atoms in total. The number of carbonyl (C=O) groups is 1. The molecule has 1 unspecified atom stereocenters. The van der Waals surface area contributed by atoms with Crippen molar-refractivity contribution in [2.45, 2.75) is 18.9 Å². The lowest BCUT2D eigenvalue weighted by atomic mass is 10.0. The van der Waals surface area contributed by atoms with Gasteiger partial charge in [0, 0.05) is 26.0 Å². The minimum absolute atomic E-state index is 0.134. The molecule has 17 heavy (non-hydrogen) atoms. The summed E-state index contributed by atoms with van der Waals surface area (Å²) in [6.45, 7) is 2.31. The van der Waals surface area contributed by atoms with E-state index in [0.29, 0.717) is 6.54 Å². The molecule has 5 heteroatoms. The van der Waals surface area contributed by atoms with Crippen molar-refractivity contribution in [2.24, 2.45) is 0 Å². The SMILES string of the molecule is COCC(C)(NCCc1cccnc1)C(=O)O. The van der Waals surface area contributed by atoms with Crippen molar-refractivity contribution in [3.8, 4) is 0 Å². The van der Waals surface area contributed by atoms with Crippen LogP contribution in [-0.4, -0.2) is 41.9 Å². The van der Waals surface area contributed by atoms with Crippen LogP contribution in [-0.2, 0) is 16.0 Å². The van der Waals surface area contributed by atoms with E-state index in [0.717, 1.165) is 12.0 Å². The molecule has 0 spiro atoms. The molecule has 0 aliphatic heterocycles. The average molecular weight is 238 g/mol. The molecule has 1 rings (SSSR count). The van der Waals surface area contributed by atoms with E-state index in [1.165, 1.54) is 7.11 Å². The van der Waals surface area contributed by atoms with Crippen LogP contribution in [0.3, 0.4) is 0 Å². The molecule has 0 aromatic carbocycles. The molecule has 0 aliphatic carbocycles. The topological polar surface area (TPSA) is 71.5 Å². The molecule has 0 saturated carbocycles. The molecule has 0 amide bonds. The van der Waals surface area contributed by atoms with Gasteiger partial charge in [-0.3, -0.25) is 15.1 Å². The number of nitrogens with zero attached hydrogens (tertiary/aromatic N) is 1. The Bertz CT molecular complexity index is 356. The first-order valence-corrected chi connectivity index (χ1v) is 5.45. The van der Waals surface area contributed by atoms with E-state index in [1.54, 1.807) is 19.3 Å². The number of carboxylic acids is 1. The Hall–Kier alpha value is -1.46. The van der Waals surface area contributed by atoms with Crippen molar-refractivity contribution in [2.75, 3.05) is 20.3 Å². The van der Waals surface area contributed by atoms with Crippen LogP contribution < -0.4 is 5.32 Å². The lowest BCUT2D eigenvalue weighted by molar-refractivity contribution is -0.146. The Kier molecular flexibility index (Phi) is 5.06. The van der Waals surface area contributed by atoms with Crippen LogP contribution in [0.25, 0.3) is 0 Å². The summed E-state index contributed by atoms with van der Waals surface area (Å²) in [5, 5.41) is 12.1. The van der Waals surface area contributed by atoms with Gasteiger partial charge in [-0.25, -0.2) is 0 Å².